The fraction of sp³-hybridized carbons (Fsp3) is 0.333. The maximum atomic E-state index is 11.9. The molecular weight excluding hydrogens is 244 g/mol. The van der Waals surface area contributed by atoms with Crippen LogP contribution in [-0.2, 0) is 9.53 Å². The average molecular weight is 262 g/mol. The van der Waals surface area contributed by atoms with Gasteiger partial charge in [-0.1, -0.05) is 24.3 Å². The van der Waals surface area contributed by atoms with Gasteiger partial charge in [0, 0.05) is 24.7 Å². The number of benzene rings is 1. The first-order chi connectivity index (χ1) is 9.19. The van der Waals surface area contributed by atoms with E-state index in [1.165, 1.54) is 6.08 Å². The maximum absolute atomic E-state index is 11.9. The predicted octanol–water partition coefficient (Wildman–Crippen LogP) is 2.22. The van der Waals surface area contributed by atoms with Crippen LogP contribution < -0.4 is 0 Å². The van der Waals surface area contributed by atoms with Crippen LogP contribution in [0, 0.1) is 0 Å². The lowest BCUT2D eigenvalue weighted by atomic mass is 10.0. The molecule has 0 aliphatic heterocycles. The zero-order chi connectivity index (χ0) is 14.1. The Morgan fingerprint density at radius 2 is 2.05 bits per heavy atom. The zero-order valence-electron chi connectivity index (χ0n) is 11.0. The van der Waals surface area contributed by atoms with E-state index < -0.39 is 5.97 Å². The molecule has 19 heavy (non-hydrogen) atoms. The Bertz CT molecular complexity index is 463. The quantitative estimate of drug-likeness (QED) is 0.465. The van der Waals surface area contributed by atoms with E-state index in [1.54, 1.807) is 37.3 Å². The Balaban J connectivity index is 2.83. The molecule has 1 aromatic rings. The van der Waals surface area contributed by atoms with Gasteiger partial charge in [0.1, 0.15) is 0 Å². The molecule has 0 heterocycles. The number of carbonyl (C=O) groups is 2. The SMILES string of the molecule is CCOC(=O)/C=C/c1ccccc1C(=O)CCCO. The first-order valence-corrected chi connectivity index (χ1v) is 6.27. The lowest BCUT2D eigenvalue weighted by Gasteiger charge is -2.04. The Morgan fingerprint density at radius 1 is 1.32 bits per heavy atom. The molecule has 0 aliphatic rings. The highest BCUT2D eigenvalue weighted by Gasteiger charge is 2.09. The van der Waals surface area contributed by atoms with E-state index >= 15 is 0 Å². The van der Waals surface area contributed by atoms with Crippen LogP contribution >= 0.6 is 0 Å². The third-order valence-corrected chi connectivity index (χ3v) is 2.51. The van der Waals surface area contributed by atoms with Crippen LogP contribution in [-0.4, -0.2) is 30.1 Å². The minimum absolute atomic E-state index is 0.00737. The third kappa shape index (κ3) is 5.06. The number of aliphatic hydroxyl groups is 1. The van der Waals surface area contributed by atoms with Gasteiger partial charge in [-0.25, -0.2) is 4.79 Å². The van der Waals surface area contributed by atoms with Gasteiger partial charge in [0.2, 0.25) is 0 Å². The van der Waals surface area contributed by atoms with Crippen molar-refractivity contribution in [3.63, 3.8) is 0 Å². The highest BCUT2D eigenvalue weighted by molar-refractivity contribution is 6.00. The van der Waals surface area contributed by atoms with Crippen molar-refractivity contribution in [2.45, 2.75) is 19.8 Å². The molecule has 0 bridgehead atoms. The molecule has 0 atom stereocenters. The monoisotopic (exact) mass is 262 g/mol. The second-order valence-corrected chi connectivity index (χ2v) is 3.92. The lowest BCUT2D eigenvalue weighted by Crippen LogP contribution is -2.03. The summed E-state index contributed by atoms with van der Waals surface area (Å²) < 4.78 is 4.79. The topological polar surface area (TPSA) is 63.6 Å². The second-order valence-electron chi connectivity index (χ2n) is 3.92. The van der Waals surface area contributed by atoms with E-state index in [1.807, 2.05) is 0 Å². The zero-order valence-corrected chi connectivity index (χ0v) is 11.0. The number of aliphatic hydroxyl groups excluding tert-OH is 1. The van der Waals surface area contributed by atoms with E-state index in [2.05, 4.69) is 0 Å². The van der Waals surface area contributed by atoms with Crippen LogP contribution in [0.5, 0.6) is 0 Å². The van der Waals surface area contributed by atoms with Gasteiger partial charge in [0.05, 0.1) is 6.61 Å². The molecule has 4 heteroatoms. The first kappa shape index (κ1) is 15.1. The molecule has 0 fully saturated rings. The molecular formula is C15H18O4. The van der Waals surface area contributed by atoms with Gasteiger partial charge in [-0.3, -0.25) is 4.79 Å². The van der Waals surface area contributed by atoms with Gasteiger partial charge in [-0.2, -0.15) is 0 Å². The molecule has 0 radical (unpaired) electrons. The molecule has 1 rings (SSSR count). The molecule has 0 spiro atoms. The van der Waals surface area contributed by atoms with Crippen molar-refractivity contribution in [3.05, 3.63) is 41.5 Å². The molecule has 1 N–H and O–H groups in total. The van der Waals surface area contributed by atoms with Gasteiger partial charge in [0.25, 0.3) is 0 Å². The molecule has 0 aliphatic carbocycles. The van der Waals surface area contributed by atoms with Gasteiger partial charge < -0.3 is 9.84 Å². The number of rotatable bonds is 7. The summed E-state index contributed by atoms with van der Waals surface area (Å²) in [6.07, 6.45) is 3.61. The highest BCUT2D eigenvalue weighted by atomic mass is 16.5. The summed E-state index contributed by atoms with van der Waals surface area (Å²) >= 11 is 0. The number of ether oxygens (including phenoxy) is 1. The fourth-order valence-electron chi connectivity index (χ4n) is 1.62. The Morgan fingerprint density at radius 3 is 2.74 bits per heavy atom. The normalized spacial score (nSPS) is 10.6. The van der Waals surface area contributed by atoms with Crippen LogP contribution in [0.3, 0.4) is 0 Å². The summed E-state index contributed by atoms with van der Waals surface area (Å²) in [6, 6.07) is 7.05. The van der Waals surface area contributed by atoms with Gasteiger partial charge in [0.15, 0.2) is 5.78 Å². The van der Waals surface area contributed by atoms with Crippen molar-refractivity contribution in [2.24, 2.45) is 0 Å². The van der Waals surface area contributed by atoms with Crippen molar-refractivity contribution in [1.29, 1.82) is 0 Å². The number of ketones is 1. The maximum Gasteiger partial charge on any atom is 0.330 e. The first-order valence-electron chi connectivity index (χ1n) is 6.27. The molecule has 0 amide bonds. The minimum atomic E-state index is -0.430. The summed E-state index contributed by atoms with van der Waals surface area (Å²) in [6.45, 7) is 2.05. The minimum Gasteiger partial charge on any atom is -0.463 e. The number of Topliss-reactive ketones (excluding diaryl/α,β-unsaturated/α-hetero) is 1. The molecule has 4 nitrogen and oxygen atoms in total. The van der Waals surface area contributed by atoms with Crippen LogP contribution in [0.2, 0.25) is 0 Å². The summed E-state index contributed by atoms with van der Waals surface area (Å²) in [5, 5.41) is 8.74. The van der Waals surface area contributed by atoms with Crippen molar-refractivity contribution in [3.8, 4) is 0 Å². The second kappa shape index (κ2) is 8.21. The number of hydrogen-bond donors (Lipinski definition) is 1. The van der Waals surface area contributed by atoms with E-state index in [9.17, 15) is 9.59 Å². The van der Waals surface area contributed by atoms with Crippen molar-refractivity contribution in [2.75, 3.05) is 13.2 Å². The van der Waals surface area contributed by atoms with Gasteiger partial charge in [-0.15, -0.1) is 0 Å². The number of carbonyl (C=O) groups excluding carboxylic acids is 2. The van der Waals surface area contributed by atoms with Crippen molar-refractivity contribution in [1.82, 2.24) is 0 Å². The summed E-state index contributed by atoms with van der Waals surface area (Å²) in [5.41, 5.74) is 1.23. The van der Waals surface area contributed by atoms with Crippen LogP contribution in [0.15, 0.2) is 30.3 Å². The molecule has 0 saturated heterocycles. The summed E-state index contributed by atoms with van der Waals surface area (Å²) in [7, 11) is 0. The van der Waals surface area contributed by atoms with Crippen LogP contribution in [0.1, 0.15) is 35.7 Å². The van der Waals surface area contributed by atoms with Crippen molar-refractivity contribution >= 4 is 17.8 Å². The largest absolute Gasteiger partial charge is 0.463 e. The molecule has 0 aromatic heterocycles. The average Bonchev–Trinajstić information content (AvgIpc) is 2.43. The Kier molecular flexibility index (Phi) is 6.53. The van der Waals surface area contributed by atoms with E-state index in [-0.39, 0.29) is 12.4 Å². The standard InChI is InChI=1S/C15H18O4/c1-2-19-15(18)10-9-12-6-3-4-7-13(12)14(17)8-5-11-16/h3-4,6-7,9-10,16H,2,5,8,11H2,1H3/b10-9+. The third-order valence-electron chi connectivity index (χ3n) is 2.51. The molecule has 1 aromatic carbocycles. The highest BCUT2D eigenvalue weighted by Crippen LogP contribution is 2.14. The predicted molar refractivity (Wildman–Crippen MR) is 72.8 cm³/mol. The number of esters is 1. The van der Waals surface area contributed by atoms with Gasteiger partial charge in [-0.05, 0) is 25.0 Å². The van der Waals surface area contributed by atoms with E-state index in [0.717, 1.165) is 0 Å². The summed E-state index contributed by atoms with van der Waals surface area (Å²) in [4.78, 5) is 23.2. The Labute approximate surface area is 112 Å². The van der Waals surface area contributed by atoms with Crippen molar-refractivity contribution < 1.29 is 19.4 Å². The number of hydrogen-bond acceptors (Lipinski definition) is 4. The van der Waals surface area contributed by atoms with Crippen LogP contribution in [0.25, 0.3) is 6.08 Å². The van der Waals surface area contributed by atoms with Gasteiger partial charge >= 0.3 is 5.97 Å². The summed E-state index contributed by atoms with van der Waals surface area (Å²) in [5.74, 6) is -0.474. The van der Waals surface area contributed by atoms with Crippen LogP contribution in [0.4, 0.5) is 0 Å². The van der Waals surface area contributed by atoms with E-state index in [0.29, 0.717) is 30.6 Å². The Hall–Kier alpha value is -1.94. The fourth-order valence-corrected chi connectivity index (χ4v) is 1.62. The van der Waals surface area contributed by atoms with E-state index in [4.69, 9.17) is 9.84 Å². The molecule has 102 valence electrons. The smallest absolute Gasteiger partial charge is 0.330 e. The lowest BCUT2D eigenvalue weighted by molar-refractivity contribution is -0.137. The molecule has 0 unspecified atom stereocenters. The molecule has 0 saturated carbocycles.